The van der Waals surface area contributed by atoms with E-state index in [9.17, 15) is 13.2 Å². The summed E-state index contributed by atoms with van der Waals surface area (Å²) < 4.78 is 33.6. The van der Waals surface area contributed by atoms with Crippen molar-refractivity contribution in [1.29, 1.82) is 0 Å². The van der Waals surface area contributed by atoms with Crippen molar-refractivity contribution >= 4 is 39.5 Å². The van der Waals surface area contributed by atoms with Crippen molar-refractivity contribution < 1.29 is 22.7 Å². The fraction of sp³-hybridized carbons (Fsp3) is 0.500. The third-order valence-electron chi connectivity index (χ3n) is 4.22. The first-order valence-electron chi connectivity index (χ1n) is 8.07. The Balaban J connectivity index is 1.63. The highest BCUT2D eigenvalue weighted by molar-refractivity contribution is 8.00. The highest BCUT2D eigenvalue weighted by atomic mass is 32.2. The molecule has 8 nitrogen and oxygen atoms in total. The van der Waals surface area contributed by atoms with E-state index in [-0.39, 0.29) is 34.6 Å². The largest absolute Gasteiger partial charge is 0.493 e. The van der Waals surface area contributed by atoms with Crippen molar-refractivity contribution in [3.05, 3.63) is 17.7 Å². The Morgan fingerprint density at radius 1 is 1.35 bits per heavy atom. The minimum absolute atomic E-state index is 0.0226. The van der Waals surface area contributed by atoms with Crippen LogP contribution in [0.25, 0.3) is 0 Å². The second-order valence-corrected chi connectivity index (χ2v) is 9.35. The molecule has 0 bridgehead atoms. The molecule has 0 radical (unpaired) electrons. The van der Waals surface area contributed by atoms with Gasteiger partial charge in [0.15, 0.2) is 21.3 Å². The molecule has 2 N–H and O–H groups in total. The summed E-state index contributed by atoms with van der Waals surface area (Å²) in [6.45, 7) is 0. The van der Waals surface area contributed by atoms with Crippen LogP contribution in [0.3, 0.4) is 0 Å². The lowest BCUT2D eigenvalue weighted by Gasteiger charge is -2.22. The Kier molecular flexibility index (Phi) is 5.61. The zero-order valence-corrected chi connectivity index (χ0v) is 16.2. The Morgan fingerprint density at radius 3 is 2.73 bits per heavy atom. The zero-order valence-electron chi connectivity index (χ0n) is 14.5. The molecule has 1 saturated heterocycles. The van der Waals surface area contributed by atoms with Gasteiger partial charge < -0.3 is 20.1 Å². The molecule has 0 unspecified atom stereocenters. The number of nitrogens with one attached hydrogen (secondary N) is 2. The van der Waals surface area contributed by atoms with Crippen LogP contribution < -0.4 is 20.1 Å². The van der Waals surface area contributed by atoms with Gasteiger partial charge in [0.2, 0.25) is 5.91 Å². The number of carbonyl (C=O) groups excluding carboxylic acids is 1. The Morgan fingerprint density at radius 2 is 2.08 bits per heavy atom. The normalized spacial score (nSPS) is 23.0. The van der Waals surface area contributed by atoms with Gasteiger partial charge in [-0.2, -0.15) is 0 Å². The van der Waals surface area contributed by atoms with Gasteiger partial charge in [0.25, 0.3) is 0 Å². The summed E-state index contributed by atoms with van der Waals surface area (Å²) in [6.07, 6.45) is 2.07. The van der Waals surface area contributed by atoms with E-state index in [2.05, 4.69) is 15.6 Å². The van der Waals surface area contributed by atoms with E-state index in [1.165, 1.54) is 11.8 Å². The minimum Gasteiger partial charge on any atom is -0.493 e. The number of fused-ring (bicyclic) bond motifs is 1. The number of benzene rings is 1. The van der Waals surface area contributed by atoms with Crippen LogP contribution in [0.2, 0.25) is 0 Å². The molecule has 1 fully saturated rings. The van der Waals surface area contributed by atoms with Crippen LogP contribution in [0.5, 0.6) is 11.5 Å². The first-order chi connectivity index (χ1) is 12.4. The van der Waals surface area contributed by atoms with E-state index in [4.69, 9.17) is 9.47 Å². The number of amides is 1. The molecule has 1 aromatic carbocycles. The van der Waals surface area contributed by atoms with Crippen molar-refractivity contribution in [3.8, 4) is 11.5 Å². The van der Waals surface area contributed by atoms with Crippen molar-refractivity contribution in [1.82, 2.24) is 5.32 Å². The van der Waals surface area contributed by atoms with E-state index in [0.29, 0.717) is 17.9 Å². The predicted octanol–water partition coefficient (Wildman–Crippen LogP) is 1.19. The molecule has 2 aliphatic heterocycles. The number of ether oxygens (including phenoxy) is 2. The number of anilines is 1. The standard InChI is InChI=1S/C16H21N3O5S2/c1-23-13-5-11-12(6-14(13)24-2)17-9-18-16(11)25-7-15(20)19-10-3-4-26(21,22)8-10/h5-6,9-10,16H,3-4,7-8H2,1-2H3,(H,17,18)(H,19,20)/t10-,16+/m0/s1. The lowest BCUT2D eigenvalue weighted by molar-refractivity contribution is -0.119. The Labute approximate surface area is 156 Å². The maximum absolute atomic E-state index is 12.1. The summed E-state index contributed by atoms with van der Waals surface area (Å²) in [5.74, 6) is 1.36. The summed E-state index contributed by atoms with van der Waals surface area (Å²) in [5.41, 5.74) is 1.74. The summed E-state index contributed by atoms with van der Waals surface area (Å²) in [6, 6.07) is 3.38. The van der Waals surface area contributed by atoms with Crippen LogP contribution in [-0.4, -0.2) is 58.2 Å². The number of carbonyl (C=O) groups is 1. The molecular formula is C16H21N3O5S2. The second kappa shape index (κ2) is 7.75. The van der Waals surface area contributed by atoms with Crippen molar-refractivity contribution in [2.24, 2.45) is 4.99 Å². The van der Waals surface area contributed by atoms with Crippen molar-refractivity contribution in [2.75, 3.05) is 36.8 Å². The fourth-order valence-corrected chi connectivity index (χ4v) is 5.53. The highest BCUT2D eigenvalue weighted by Gasteiger charge is 2.29. The average molecular weight is 399 g/mol. The number of nitrogens with zero attached hydrogens (tertiary/aromatic N) is 1. The average Bonchev–Trinajstić information content (AvgIpc) is 2.96. The van der Waals surface area contributed by atoms with Crippen LogP contribution in [0.1, 0.15) is 17.4 Å². The van der Waals surface area contributed by atoms with Gasteiger partial charge in [-0.1, -0.05) is 0 Å². The van der Waals surface area contributed by atoms with Gasteiger partial charge in [0, 0.05) is 23.4 Å². The summed E-state index contributed by atoms with van der Waals surface area (Å²) in [5, 5.41) is 5.59. The summed E-state index contributed by atoms with van der Waals surface area (Å²) in [7, 11) is 0.125. The third kappa shape index (κ3) is 4.24. The Hall–Kier alpha value is -1.94. The number of hydrogen-bond donors (Lipinski definition) is 2. The van der Waals surface area contributed by atoms with Crippen LogP contribution in [-0.2, 0) is 14.6 Å². The van der Waals surface area contributed by atoms with E-state index in [1.54, 1.807) is 20.6 Å². The predicted molar refractivity (Wildman–Crippen MR) is 102 cm³/mol. The van der Waals surface area contributed by atoms with E-state index in [1.807, 2.05) is 12.1 Å². The second-order valence-electron chi connectivity index (χ2n) is 6.05. The molecule has 2 aliphatic rings. The summed E-state index contributed by atoms with van der Waals surface area (Å²) >= 11 is 1.37. The van der Waals surface area contributed by atoms with Gasteiger partial charge >= 0.3 is 0 Å². The zero-order chi connectivity index (χ0) is 18.7. The van der Waals surface area contributed by atoms with Gasteiger partial charge in [0.1, 0.15) is 5.37 Å². The first kappa shape index (κ1) is 18.8. The molecule has 0 saturated carbocycles. The lowest BCUT2D eigenvalue weighted by Crippen LogP contribution is -2.36. The SMILES string of the molecule is COc1cc2c(cc1OC)[C@@H](SCC(=O)N[C@H]1CCS(=O)(=O)C1)N=CN2. The molecule has 1 amide bonds. The molecule has 26 heavy (non-hydrogen) atoms. The van der Waals surface area contributed by atoms with Crippen molar-refractivity contribution in [2.45, 2.75) is 17.8 Å². The maximum Gasteiger partial charge on any atom is 0.230 e. The quantitative estimate of drug-likeness (QED) is 0.740. The van der Waals surface area contributed by atoms with Crippen molar-refractivity contribution in [3.63, 3.8) is 0 Å². The van der Waals surface area contributed by atoms with E-state index in [0.717, 1.165) is 11.3 Å². The Bertz CT molecular complexity index is 825. The molecule has 0 aromatic heterocycles. The van der Waals surface area contributed by atoms with E-state index >= 15 is 0 Å². The fourth-order valence-electron chi connectivity index (χ4n) is 2.94. The molecular weight excluding hydrogens is 378 g/mol. The molecule has 10 heteroatoms. The molecule has 1 aromatic rings. The van der Waals surface area contributed by atoms with Gasteiger partial charge in [-0.3, -0.25) is 9.79 Å². The number of thioether (sulfide) groups is 1. The molecule has 0 aliphatic carbocycles. The smallest absolute Gasteiger partial charge is 0.230 e. The van der Waals surface area contributed by atoms with Gasteiger partial charge in [-0.15, -0.1) is 11.8 Å². The molecule has 2 atom stereocenters. The molecule has 2 heterocycles. The first-order valence-corrected chi connectivity index (χ1v) is 10.9. The maximum atomic E-state index is 12.1. The molecule has 142 valence electrons. The van der Waals surface area contributed by atoms with Crippen LogP contribution >= 0.6 is 11.8 Å². The highest BCUT2D eigenvalue weighted by Crippen LogP contribution is 2.42. The van der Waals surface area contributed by atoms with Gasteiger partial charge in [-0.25, -0.2) is 8.42 Å². The van der Waals surface area contributed by atoms with Crippen LogP contribution in [0.4, 0.5) is 5.69 Å². The number of aliphatic imine (C=N–C) groups is 1. The number of methoxy groups -OCH3 is 2. The number of rotatable bonds is 6. The molecule has 0 spiro atoms. The van der Waals surface area contributed by atoms with E-state index < -0.39 is 9.84 Å². The van der Waals surface area contributed by atoms with Crippen LogP contribution in [0, 0.1) is 0 Å². The molecule has 3 rings (SSSR count). The van der Waals surface area contributed by atoms with Crippen LogP contribution in [0.15, 0.2) is 17.1 Å². The third-order valence-corrected chi connectivity index (χ3v) is 7.11. The lowest BCUT2D eigenvalue weighted by atomic mass is 10.1. The summed E-state index contributed by atoms with van der Waals surface area (Å²) in [4.78, 5) is 16.5. The van der Waals surface area contributed by atoms with Gasteiger partial charge in [0.05, 0.1) is 37.8 Å². The number of sulfone groups is 1. The minimum atomic E-state index is -3.01. The monoisotopic (exact) mass is 399 g/mol. The topological polar surface area (TPSA) is 106 Å². The number of hydrogen-bond acceptors (Lipinski definition) is 8. The van der Waals surface area contributed by atoms with Gasteiger partial charge in [-0.05, 0) is 12.5 Å².